The van der Waals surface area contributed by atoms with Gasteiger partial charge in [-0.15, -0.1) is 11.3 Å². The molecule has 0 atom stereocenters. The number of hydrogen-bond donors (Lipinski definition) is 1. The van der Waals surface area contributed by atoms with Crippen molar-refractivity contribution in [1.29, 1.82) is 0 Å². The van der Waals surface area contributed by atoms with E-state index in [1.165, 1.54) is 11.3 Å². The highest BCUT2D eigenvalue weighted by Gasteiger charge is 2.18. The van der Waals surface area contributed by atoms with Gasteiger partial charge in [0.2, 0.25) is 11.4 Å². The standard InChI is InChI=1S/C25H25N5O4S/c1-16(31)14-29(2)21-7-8-26-25(28-21)27-18-5-3-17(4-6-18)19-15-35-24-20(32)13-22(34-23(19)24)30-9-11-33-12-10-30/h3-8,13,15H,9-12,14H2,1-2H3,(H,26,27,28). The van der Waals surface area contributed by atoms with Crippen LogP contribution in [-0.4, -0.2) is 55.6 Å². The van der Waals surface area contributed by atoms with Crippen molar-refractivity contribution in [2.24, 2.45) is 0 Å². The van der Waals surface area contributed by atoms with E-state index in [0.717, 1.165) is 16.8 Å². The number of aromatic nitrogens is 2. The lowest BCUT2D eigenvalue weighted by atomic mass is 10.1. The van der Waals surface area contributed by atoms with Crippen LogP contribution in [0, 0.1) is 0 Å². The van der Waals surface area contributed by atoms with E-state index in [9.17, 15) is 9.59 Å². The van der Waals surface area contributed by atoms with Crippen LogP contribution in [0.25, 0.3) is 21.4 Å². The van der Waals surface area contributed by atoms with E-state index in [1.807, 2.05) is 41.6 Å². The molecule has 1 N–H and O–H groups in total. The van der Waals surface area contributed by atoms with Gasteiger partial charge in [-0.1, -0.05) is 12.1 Å². The normalized spacial score (nSPS) is 13.7. The summed E-state index contributed by atoms with van der Waals surface area (Å²) in [5.41, 5.74) is 3.21. The maximum Gasteiger partial charge on any atom is 0.229 e. The summed E-state index contributed by atoms with van der Waals surface area (Å²) in [5.74, 6) is 1.73. The van der Waals surface area contributed by atoms with Gasteiger partial charge < -0.3 is 24.3 Å². The quantitative estimate of drug-likeness (QED) is 0.412. The molecule has 3 aromatic heterocycles. The number of fused-ring (bicyclic) bond motifs is 1. The lowest BCUT2D eigenvalue weighted by Gasteiger charge is -2.27. The molecule has 9 nitrogen and oxygen atoms in total. The Morgan fingerprint density at radius 3 is 2.71 bits per heavy atom. The first kappa shape index (κ1) is 23.0. The Hall–Kier alpha value is -3.76. The lowest BCUT2D eigenvalue weighted by molar-refractivity contribution is -0.115. The number of nitrogens with one attached hydrogen (secondary N) is 1. The molecule has 35 heavy (non-hydrogen) atoms. The average molecular weight is 492 g/mol. The largest absolute Gasteiger partial charge is 0.439 e. The van der Waals surface area contributed by atoms with Gasteiger partial charge in [-0.05, 0) is 30.7 Å². The number of ether oxygens (including phenoxy) is 1. The summed E-state index contributed by atoms with van der Waals surface area (Å²) in [7, 11) is 1.82. The second-order valence-electron chi connectivity index (χ2n) is 8.35. The number of hydrogen-bond acceptors (Lipinski definition) is 10. The van der Waals surface area contributed by atoms with E-state index in [4.69, 9.17) is 9.15 Å². The van der Waals surface area contributed by atoms with Crippen LogP contribution in [0.5, 0.6) is 0 Å². The Morgan fingerprint density at radius 2 is 1.97 bits per heavy atom. The molecule has 0 spiro atoms. The minimum Gasteiger partial charge on any atom is -0.439 e. The van der Waals surface area contributed by atoms with E-state index >= 15 is 0 Å². The second kappa shape index (κ2) is 9.85. The maximum absolute atomic E-state index is 12.7. The molecular weight excluding hydrogens is 466 g/mol. The third-order valence-electron chi connectivity index (χ3n) is 5.70. The van der Waals surface area contributed by atoms with Crippen molar-refractivity contribution in [3.05, 3.63) is 58.2 Å². The highest BCUT2D eigenvalue weighted by Crippen LogP contribution is 2.35. The first-order valence-electron chi connectivity index (χ1n) is 11.3. The Labute approximate surface area is 206 Å². The number of carbonyl (C=O) groups excluding carboxylic acids is 1. The summed E-state index contributed by atoms with van der Waals surface area (Å²) < 4.78 is 12.2. The van der Waals surface area contributed by atoms with Gasteiger partial charge in [-0.25, -0.2) is 4.98 Å². The number of likely N-dealkylation sites (N-methyl/N-ethyl adjacent to an activating group) is 1. The fourth-order valence-electron chi connectivity index (χ4n) is 3.97. The van der Waals surface area contributed by atoms with Gasteiger partial charge in [0.15, 0.2) is 11.5 Å². The molecule has 0 unspecified atom stereocenters. The molecule has 0 saturated carbocycles. The molecule has 1 saturated heterocycles. The third-order valence-corrected chi connectivity index (χ3v) is 6.67. The van der Waals surface area contributed by atoms with Crippen molar-refractivity contribution in [2.75, 3.05) is 55.0 Å². The van der Waals surface area contributed by atoms with E-state index in [0.29, 0.717) is 54.2 Å². The Balaban J connectivity index is 1.38. The fraction of sp³-hybridized carbons (Fsp3) is 0.280. The van der Waals surface area contributed by atoms with Crippen LogP contribution in [0.3, 0.4) is 0 Å². The zero-order valence-electron chi connectivity index (χ0n) is 19.5. The van der Waals surface area contributed by atoms with Crippen LogP contribution in [0.4, 0.5) is 23.3 Å². The molecular formula is C25H25N5O4S. The smallest absolute Gasteiger partial charge is 0.229 e. The highest BCUT2D eigenvalue weighted by atomic mass is 32.1. The number of Topliss-reactive ketones (excluding diaryl/α,β-unsaturated/α-hetero) is 1. The minimum absolute atomic E-state index is 0.0333. The van der Waals surface area contributed by atoms with Crippen LogP contribution >= 0.6 is 11.3 Å². The Morgan fingerprint density at radius 1 is 1.20 bits per heavy atom. The molecule has 5 rings (SSSR count). The number of thiophene rings is 1. The molecule has 0 radical (unpaired) electrons. The van der Waals surface area contributed by atoms with Gasteiger partial charge in [0, 0.05) is 49.0 Å². The van der Waals surface area contributed by atoms with Crippen molar-refractivity contribution in [3.63, 3.8) is 0 Å². The summed E-state index contributed by atoms with van der Waals surface area (Å²) in [6.45, 7) is 4.45. The van der Waals surface area contributed by atoms with Crippen LogP contribution in [0.1, 0.15) is 6.92 Å². The molecule has 1 fully saturated rings. The molecule has 4 aromatic rings. The van der Waals surface area contributed by atoms with Crippen molar-refractivity contribution in [3.8, 4) is 11.1 Å². The molecule has 0 bridgehead atoms. The van der Waals surface area contributed by atoms with Crippen LogP contribution in [0.2, 0.25) is 0 Å². The SMILES string of the molecule is CC(=O)CN(C)c1ccnc(Nc2ccc(-c3csc4c(=O)cc(N5CCOCC5)oc34)cc2)n1. The average Bonchev–Trinajstić information content (AvgIpc) is 3.29. The number of rotatable bonds is 7. The van der Waals surface area contributed by atoms with Crippen molar-refractivity contribution in [1.82, 2.24) is 9.97 Å². The first-order chi connectivity index (χ1) is 17.0. The van der Waals surface area contributed by atoms with Gasteiger partial charge >= 0.3 is 0 Å². The number of nitrogens with zero attached hydrogens (tertiary/aromatic N) is 4. The summed E-state index contributed by atoms with van der Waals surface area (Å²) in [6.07, 6.45) is 1.65. The van der Waals surface area contributed by atoms with E-state index in [-0.39, 0.29) is 17.8 Å². The molecule has 10 heteroatoms. The summed E-state index contributed by atoms with van der Waals surface area (Å²) in [5, 5.41) is 5.16. The monoisotopic (exact) mass is 491 g/mol. The van der Waals surface area contributed by atoms with Gasteiger partial charge in [-0.2, -0.15) is 4.98 Å². The van der Waals surface area contributed by atoms with Crippen molar-refractivity contribution < 1.29 is 13.9 Å². The topological polar surface area (TPSA) is 101 Å². The molecule has 0 amide bonds. The Bertz CT molecular complexity index is 1410. The fourth-order valence-corrected chi connectivity index (χ4v) is 4.88. The minimum atomic E-state index is -0.0333. The molecule has 180 valence electrons. The Kier molecular flexibility index (Phi) is 6.47. The number of carbonyl (C=O) groups is 1. The van der Waals surface area contributed by atoms with E-state index < -0.39 is 0 Å². The second-order valence-corrected chi connectivity index (χ2v) is 9.23. The molecule has 1 aromatic carbocycles. The molecule has 1 aliphatic rings. The van der Waals surface area contributed by atoms with Gasteiger partial charge in [0.1, 0.15) is 16.3 Å². The van der Waals surface area contributed by atoms with Crippen LogP contribution in [-0.2, 0) is 9.53 Å². The molecule has 1 aliphatic heterocycles. The number of ketones is 1. The van der Waals surface area contributed by atoms with Crippen molar-refractivity contribution >= 4 is 50.7 Å². The first-order valence-corrected chi connectivity index (χ1v) is 12.1. The third kappa shape index (κ3) is 5.03. The number of benzene rings is 1. The highest BCUT2D eigenvalue weighted by molar-refractivity contribution is 7.17. The van der Waals surface area contributed by atoms with Gasteiger partial charge in [0.25, 0.3) is 0 Å². The van der Waals surface area contributed by atoms with Crippen LogP contribution in [0.15, 0.2) is 57.2 Å². The molecule has 0 aliphatic carbocycles. The van der Waals surface area contributed by atoms with E-state index in [2.05, 4.69) is 15.3 Å². The predicted octanol–water partition coefficient (Wildman–Crippen LogP) is 3.92. The number of anilines is 4. The maximum atomic E-state index is 12.7. The van der Waals surface area contributed by atoms with Gasteiger partial charge in [0.05, 0.1) is 19.8 Å². The predicted molar refractivity (Wildman–Crippen MR) is 138 cm³/mol. The lowest BCUT2D eigenvalue weighted by Crippen LogP contribution is -2.36. The van der Waals surface area contributed by atoms with Gasteiger partial charge in [-0.3, -0.25) is 9.59 Å². The summed E-state index contributed by atoms with van der Waals surface area (Å²) in [6, 6.07) is 11.1. The zero-order valence-corrected chi connectivity index (χ0v) is 20.3. The number of morpholine rings is 1. The van der Waals surface area contributed by atoms with Crippen LogP contribution < -0.4 is 20.5 Å². The van der Waals surface area contributed by atoms with Crippen molar-refractivity contribution in [2.45, 2.75) is 6.92 Å². The molecule has 4 heterocycles. The zero-order chi connectivity index (χ0) is 24.4. The summed E-state index contributed by atoms with van der Waals surface area (Å²) >= 11 is 1.39. The van der Waals surface area contributed by atoms with E-state index in [1.54, 1.807) is 30.2 Å². The summed E-state index contributed by atoms with van der Waals surface area (Å²) in [4.78, 5) is 36.7.